The van der Waals surface area contributed by atoms with Crippen LogP contribution < -0.4 is 4.90 Å². The van der Waals surface area contributed by atoms with Gasteiger partial charge in [0.05, 0.1) is 29.7 Å². The lowest BCUT2D eigenvalue weighted by Gasteiger charge is -2.27. The van der Waals surface area contributed by atoms with E-state index in [1.807, 2.05) is 39.0 Å². The third-order valence-corrected chi connectivity index (χ3v) is 5.40. The Bertz CT molecular complexity index is 770. The van der Waals surface area contributed by atoms with Crippen LogP contribution in [0, 0.1) is 25.7 Å². The van der Waals surface area contributed by atoms with Crippen LogP contribution in [0.3, 0.4) is 0 Å². The lowest BCUT2D eigenvalue weighted by atomic mass is 9.73. The zero-order chi connectivity index (χ0) is 16.6. The van der Waals surface area contributed by atoms with Crippen LogP contribution in [0.5, 0.6) is 0 Å². The second kappa shape index (κ2) is 4.30. The molecule has 4 rings (SSSR count). The van der Waals surface area contributed by atoms with Crippen LogP contribution in [0.2, 0.25) is 0 Å². The van der Waals surface area contributed by atoms with Crippen molar-refractivity contribution in [2.45, 2.75) is 32.0 Å². The van der Waals surface area contributed by atoms with Crippen molar-refractivity contribution in [3.63, 3.8) is 0 Å². The van der Waals surface area contributed by atoms with E-state index in [-0.39, 0.29) is 18.4 Å². The number of aryl methyl sites for hydroxylation is 2. The Labute approximate surface area is 134 Å². The minimum Gasteiger partial charge on any atom is -0.393 e. The first-order valence-electron chi connectivity index (χ1n) is 7.79. The zero-order valence-electron chi connectivity index (χ0n) is 13.4. The summed E-state index contributed by atoms with van der Waals surface area (Å²) in [5.74, 6) is -1.76. The van der Waals surface area contributed by atoms with Crippen LogP contribution in [0.15, 0.2) is 30.4 Å². The molecule has 23 heavy (non-hydrogen) atoms. The first-order valence-corrected chi connectivity index (χ1v) is 7.79. The van der Waals surface area contributed by atoms with Gasteiger partial charge in [0.1, 0.15) is 5.60 Å². The Kier molecular flexibility index (Phi) is 2.73. The molecule has 0 unspecified atom stereocenters. The van der Waals surface area contributed by atoms with Gasteiger partial charge in [-0.2, -0.15) is 0 Å². The Morgan fingerprint density at radius 1 is 1.17 bits per heavy atom. The number of rotatable bonds is 2. The zero-order valence-corrected chi connectivity index (χ0v) is 13.4. The van der Waals surface area contributed by atoms with E-state index in [1.54, 1.807) is 12.2 Å². The molecule has 3 aliphatic heterocycles. The Morgan fingerprint density at radius 3 is 2.52 bits per heavy atom. The van der Waals surface area contributed by atoms with Crippen molar-refractivity contribution in [2.24, 2.45) is 11.8 Å². The lowest BCUT2D eigenvalue weighted by Crippen LogP contribution is -2.43. The summed E-state index contributed by atoms with van der Waals surface area (Å²) in [7, 11) is 0. The van der Waals surface area contributed by atoms with E-state index in [2.05, 4.69) is 0 Å². The minimum atomic E-state index is -1.07. The highest BCUT2D eigenvalue weighted by Gasteiger charge is 2.72. The fourth-order valence-electron chi connectivity index (χ4n) is 4.33. The van der Waals surface area contributed by atoms with Crippen molar-refractivity contribution in [3.05, 3.63) is 41.5 Å². The van der Waals surface area contributed by atoms with Crippen molar-refractivity contribution in [1.29, 1.82) is 0 Å². The van der Waals surface area contributed by atoms with Gasteiger partial charge in [-0.15, -0.1) is 0 Å². The van der Waals surface area contributed by atoms with E-state index < -0.39 is 23.0 Å². The van der Waals surface area contributed by atoms with Crippen LogP contribution in [0.1, 0.15) is 18.1 Å². The predicted molar refractivity (Wildman–Crippen MR) is 83.8 cm³/mol. The molecule has 1 N–H and O–H groups in total. The molecule has 2 fully saturated rings. The molecule has 0 spiro atoms. The summed E-state index contributed by atoms with van der Waals surface area (Å²) in [6.07, 6.45) is 3.55. The van der Waals surface area contributed by atoms with Gasteiger partial charge in [-0.1, -0.05) is 29.8 Å². The normalized spacial score (nSPS) is 37.8. The van der Waals surface area contributed by atoms with Crippen molar-refractivity contribution in [2.75, 3.05) is 11.5 Å². The number of benzene rings is 1. The molecule has 5 nitrogen and oxygen atoms in total. The standard InChI is InChI=1S/C18H19NO4/c1-10-4-5-12(11(2)8-10)19-15(21)13-14(16(19)22)18(9-20)7-6-17(13,3)23-18/h4-8,13-14,20H,9H2,1-3H3/t13-,14-,17-,18+/m0/s1. The highest BCUT2D eigenvalue weighted by molar-refractivity contribution is 6.23. The molecule has 1 aromatic rings. The number of ether oxygens (including phenoxy) is 1. The van der Waals surface area contributed by atoms with Gasteiger partial charge in [0, 0.05) is 0 Å². The van der Waals surface area contributed by atoms with Crippen LogP contribution in [0.25, 0.3) is 0 Å². The van der Waals surface area contributed by atoms with Crippen LogP contribution >= 0.6 is 0 Å². The van der Waals surface area contributed by atoms with Gasteiger partial charge >= 0.3 is 0 Å². The second-order valence-electron chi connectivity index (χ2n) is 6.99. The molecule has 2 amide bonds. The van der Waals surface area contributed by atoms with E-state index in [0.717, 1.165) is 11.1 Å². The van der Waals surface area contributed by atoms with Crippen molar-refractivity contribution in [3.8, 4) is 0 Å². The van der Waals surface area contributed by atoms with Crippen molar-refractivity contribution >= 4 is 17.5 Å². The monoisotopic (exact) mass is 313 g/mol. The predicted octanol–water partition coefficient (Wildman–Crippen LogP) is 1.50. The van der Waals surface area contributed by atoms with Crippen molar-refractivity contribution < 1.29 is 19.4 Å². The number of carbonyl (C=O) groups excluding carboxylic acids is 2. The molecule has 0 aliphatic carbocycles. The molecule has 5 heteroatoms. The Morgan fingerprint density at radius 2 is 1.87 bits per heavy atom. The van der Waals surface area contributed by atoms with Crippen LogP contribution in [-0.4, -0.2) is 34.7 Å². The van der Waals surface area contributed by atoms with E-state index in [9.17, 15) is 14.7 Å². The van der Waals surface area contributed by atoms with Gasteiger partial charge in [0.2, 0.25) is 11.8 Å². The summed E-state index contributed by atoms with van der Waals surface area (Å²) in [6, 6.07) is 5.66. The van der Waals surface area contributed by atoms with Crippen LogP contribution in [0.4, 0.5) is 5.69 Å². The van der Waals surface area contributed by atoms with Crippen LogP contribution in [-0.2, 0) is 14.3 Å². The quantitative estimate of drug-likeness (QED) is 0.664. The number of amides is 2. The maximum absolute atomic E-state index is 13.0. The summed E-state index contributed by atoms with van der Waals surface area (Å²) in [6.45, 7) is 5.37. The summed E-state index contributed by atoms with van der Waals surface area (Å²) < 4.78 is 5.91. The van der Waals surface area contributed by atoms with Gasteiger partial charge in [0.15, 0.2) is 0 Å². The molecule has 120 valence electrons. The number of hydrogen-bond acceptors (Lipinski definition) is 4. The van der Waals surface area contributed by atoms with E-state index >= 15 is 0 Å². The number of hydrogen-bond donors (Lipinski definition) is 1. The third-order valence-electron chi connectivity index (χ3n) is 5.40. The second-order valence-corrected chi connectivity index (χ2v) is 6.99. The highest BCUT2D eigenvalue weighted by Crippen LogP contribution is 2.57. The van der Waals surface area contributed by atoms with Gasteiger partial charge < -0.3 is 9.84 Å². The molecular formula is C18H19NO4. The highest BCUT2D eigenvalue weighted by atomic mass is 16.5. The van der Waals surface area contributed by atoms with Gasteiger partial charge in [0.25, 0.3) is 0 Å². The molecule has 4 atom stereocenters. The number of imide groups is 1. The molecule has 0 saturated carbocycles. The summed E-state index contributed by atoms with van der Waals surface area (Å²) >= 11 is 0. The van der Waals surface area contributed by atoms with E-state index in [4.69, 9.17) is 4.74 Å². The molecule has 2 bridgehead atoms. The topological polar surface area (TPSA) is 66.8 Å². The van der Waals surface area contributed by atoms with Gasteiger partial charge in [-0.25, -0.2) is 4.90 Å². The number of fused-ring (bicyclic) bond motifs is 5. The summed E-state index contributed by atoms with van der Waals surface area (Å²) in [5.41, 5.74) is 0.689. The molecule has 3 heterocycles. The Hall–Kier alpha value is -1.98. The van der Waals surface area contributed by atoms with Gasteiger partial charge in [-0.3, -0.25) is 9.59 Å². The molecule has 0 aromatic heterocycles. The van der Waals surface area contributed by atoms with Gasteiger partial charge in [-0.05, 0) is 32.4 Å². The molecule has 2 saturated heterocycles. The number of aliphatic hydroxyl groups excluding tert-OH is 1. The molecular weight excluding hydrogens is 294 g/mol. The first-order chi connectivity index (χ1) is 10.8. The van der Waals surface area contributed by atoms with Crippen molar-refractivity contribution in [1.82, 2.24) is 0 Å². The van der Waals surface area contributed by atoms with E-state index in [1.165, 1.54) is 4.90 Å². The minimum absolute atomic E-state index is 0.242. The average Bonchev–Trinajstić information content (AvgIpc) is 3.07. The third kappa shape index (κ3) is 1.64. The number of carbonyl (C=O) groups is 2. The fourth-order valence-corrected chi connectivity index (χ4v) is 4.33. The number of nitrogens with zero attached hydrogens (tertiary/aromatic N) is 1. The number of aliphatic hydroxyl groups is 1. The lowest BCUT2D eigenvalue weighted by molar-refractivity contribution is -0.131. The largest absolute Gasteiger partial charge is 0.393 e. The molecule has 3 aliphatic rings. The summed E-state index contributed by atoms with van der Waals surface area (Å²) in [4.78, 5) is 27.3. The summed E-state index contributed by atoms with van der Waals surface area (Å²) in [5, 5.41) is 9.80. The maximum atomic E-state index is 13.0. The molecule has 1 aromatic carbocycles. The smallest absolute Gasteiger partial charge is 0.241 e. The molecule has 0 radical (unpaired) electrons. The first kappa shape index (κ1) is 14.6. The SMILES string of the molecule is Cc1ccc(N2C(=O)[C@@H]3[C@@H](C2=O)[C@]2(C)C=C[C@]3(CO)O2)c(C)c1. The average molecular weight is 313 g/mol. The Balaban J connectivity index is 1.83. The fraction of sp³-hybridized carbons (Fsp3) is 0.444. The number of anilines is 1. The maximum Gasteiger partial charge on any atom is 0.241 e. The van der Waals surface area contributed by atoms with E-state index in [0.29, 0.717) is 5.69 Å².